The first-order valence-corrected chi connectivity index (χ1v) is 10.5. The molecule has 5 atom stereocenters. The summed E-state index contributed by atoms with van der Waals surface area (Å²) in [6.07, 6.45) is 1.56. The van der Waals surface area contributed by atoms with Crippen molar-refractivity contribution in [3.05, 3.63) is 23.2 Å². The van der Waals surface area contributed by atoms with E-state index in [9.17, 15) is 24.9 Å². The number of carboxylic acids is 1. The van der Waals surface area contributed by atoms with Gasteiger partial charge in [0.15, 0.2) is 5.13 Å². The zero-order valence-electron chi connectivity index (χ0n) is 16.6. The number of nitrogens with zero attached hydrogens (tertiary/aromatic N) is 1. The topological polar surface area (TPSA) is 132 Å². The van der Waals surface area contributed by atoms with E-state index in [1.807, 2.05) is 13.8 Å². The van der Waals surface area contributed by atoms with Gasteiger partial charge in [0.25, 0.3) is 0 Å². The molecule has 8 nitrogen and oxygen atoms in total. The Kier molecular flexibility index (Phi) is 6.03. The number of carbonyl (C=O) groups excluding carboxylic acids is 2. The quantitative estimate of drug-likeness (QED) is 0.590. The van der Waals surface area contributed by atoms with Crippen molar-refractivity contribution in [3.63, 3.8) is 0 Å². The molecule has 1 heterocycles. The number of aliphatic hydroxyl groups excluding tert-OH is 2. The third-order valence-corrected chi connectivity index (χ3v) is 7.81. The molecule has 1 fully saturated rings. The lowest BCUT2D eigenvalue weighted by atomic mass is 9.47. The molecule has 1 saturated carbocycles. The molecule has 1 aromatic rings. The highest BCUT2D eigenvalue weighted by molar-refractivity contribution is 7.15. The maximum atomic E-state index is 11.9. The van der Waals surface area contributed by atoms with E-state index < -0.39 is 34.9 Å². The largest absolute Gasteiger partial charge is 0.550 e. The second-order valence-electron chi connectivity index (χ2n) is 8.45. The Morgan fingerprint density at radius 3 is 2.83 bits per heavy atom. The van der Waals surface area contributed by atoms with Crippen LogP contribution in [-0.2, 0) is 16.0 Å². The van der Waals surface area contributed by atoms with Gasteiger partial charge in [0.2, 0.25) is 0 Å². The van der Waals surface area contributed by atoms with E-state index in [0.29, 0.717) is 30.1 Å². The summed E-state index contributed by atoms with van der Waals surface area (Å²) < 4.78 is 4.93. The summed E-state index contributed by atoms with van der Waals surface area (Å²) in [6.45, 7) is 7.23. The lowest BCUT2D eigenvalue weighted by Gasteiger charge is -2.58. The molecule has 9 heteroatoms. The molecule has 2 aliphatic carbocycles. The third kappa shape index (κ3) is 3.78. The molecule has 3 N–H and O–H groups in total. The number of hydrogen-bond acceptors (Lipinski definition) is 8. The van der Waals surface area contributed by atoms with Gasteiger partial charge in [-0.25, -0.2) is 9.78 Å². The standard InChI is InChI=1S/C20H28N2O6S/c1-4-7-28-18(27)22-17-21-16-11(8-15(25)26)19(2)6-5-14(24)20(3,10-23)13(19)9-12(16)29-17/h4,11,13-14,23-24H,1,5-10H2,2-3H3,(H,25,26)(H,21,22,27)/p-1/t11-,13+,14-,19+,20+/m1/s1. The van der Waals surface area contributed by atoms with Crippen LogP contribution in [0.3, 0.4) is 0 Å². The van der Waals surface area contributed by atoms with Crippen LogP contribution in [0.5, 0.6) is 0 Å². The monoisotopic (exact) mass is 423 g/mol. The third-order valence-electron chi connectivity index (χ3n) is 6.81. The van der Waals surface area contributed by atoms with Gasteiger partial charge in [-0.1, -0.05) is 26.5 Å². The fourth-order valence-electron chi connectivity index (χ4n) is 5.12. The number of aliphatic carboxylic acids is 1. The fraction of sp³-hybridized carbons (Fsp3) is 0.650. The van der Waals surface area contributed by atoms with Crippen molar-refractivity contribution in [2.75, 3.05) is 18.5 Å². The van der Waals surface area contributed by atoms with Gasteiger partial charge < -0.3 is 24.9 Å². The van der Waals surface area contributed by atoms with Crippen LogP contribution in [0.2, 0.25) is 0 Å². The molecule has 0 aliphatic heterocycles. The minimum atomic E-state index is -1.17. The van der Waals surface area contributed by atoms with E-state index in [1.165, 1.54) is 17.4 Å². The van der Waals surface area contributed by atoms with Crippen LogP contribution in [0.1, 0.15) is 49.6 Å². The van der Waals surface area contributed by atoms with Crippen molar-refractivity contribution in [2.24, 2.45) is 16.7 Å². The van der Waals surface area contributed by atoms with Crippen molar-refractivity contribution < 1.29 is 29.6 Å². The van der Waals surface area contributed by atoms with Gasteiger partial charge in [-0.05, 0) is 37.0 Å². The van der Waals surface area contributed by atoms with E-state index in [0.717, 1.165) is 4.88 Å². The molecule has 2 aliphatic rings. The lowest BCUT2D eigenvalue weighted by Crippen LogP contribution is -2.57. The van der Waals surface area contributed by atoms with Crippen molar-refractivity contribution in [1.29, 1.82) is 0 Å². The summed E-state index contributed by atoms with van der Waals surface area (Å²) in [5.74, 6) is -1.75. The Bertz CT molecular complexity index is 811. The molecule has 0 unspecified atom stereocenters. The molecular formula is C20H27N2O6S-. The minimum Gasteiger partial charge on any atom is -0.550 e. The predicted molar refractivity (Wildman–Crippen MR) is 105 cm³/mol. The van der Waals surface area contributed by atoms with Gasteiger partial charge in [0.1, 0.15) is 6.61 Å². The first-order chi connectivity index (χ1) is 13.7. The number of anilines is 1. The Morgan fingerprint density at radius 1 is 1.48 bits per heavy atom. The van der Waals surface area contributed by atoms with Gasteiger partial charge in [-0.2, -0.15) is 0 Å². The van der Waals surface area contributed by atoms with Crippen LogP contribution in [-0.4, -0.2) is 46.6 Å². The number of hydrogen-bond donors (Lipinski definition) is 3. The fourth-order valence-corrected chi connectivity index (χ4v) is 6.18. The summed E-state index contributed by atoms with van der Waals surface area (Å²) >= 11 is 1.27. The van der Waals surface area contributed by atoms with Crippen LogP contribution in [0.15, 0.2) is 12.7 Å². The lowest BCUT2D eigenvalue weighted by molar-refractivity contribution is -0.307. The molecule has 0 radical (unpaired) electrons. The second-order valence-corrected chi connectivity index (χ2v) is 9.53. The van der Waals surface area contributed by atoms with Gasteiger partial charge in [0, 0.05) is 22.2 Å². The highest BCUT2D eigenvalue weighted by Gasteiger charge is 2.58. The van der Waals surface area contributed by atoms with Crippen molar-refractivity contribution in [2.45, 2.75) is 51.6 Å². The molecular weight excluding hydrogens is 396 g/mol. The van der Waals surface area contributed by atoms with Crippen LogP contribution in [0, 0.1) is 16.7 Å². The number of aromatic nitrogens is 1. The molecule has 0 bridgehead atoms. The maximum absolute atomic E-state index is 11.9. The number of carbonyl (C=O) groups is 2. The smallest absolute Gasteiger partial charge is 0.413 e. The molecule has 0 spiro atoms. The van der Waals surface area contributed by atoms with Crippen molar-refractivity contribution in [3.8, 4) is 0 Å². The molecule has 0 aromatic carbocycles. The first-order valence-electron chi connectivity index (χ1n) is 9.68. The van der Waals surface area contributed by atoms with Gasteiger partial charge in [-0.3, -0.25) is 5.32 Å². The normalized spacial score (nSPS) is 33.3. The Balaban J connectivity index is 2.00. The predicted octanol–water partition coefficient (Wildman–Crippen LogP) is 1.43. The van der Waals surface area contributed by atoms with E-state index in [4.69, 9.17) is 4.74 Å². The number of aliphatic hydroxyl groups is 2. The molecule has 160 valence electrons. The van der Waals surface area contributed by atoms with Crippen LogP contribution in [0.4, 0.5) is 9.93 Å². The number of nitrogens with one attached hydrogen (secondary N) is 1. The second kappa shape index (κ2) is 8.04. The summed E-state index contributed by atoms with van der Waals surface area (Å²) in [4.78, 5) is 28.8. The molecule has 0 saturated heterocycles. The maximum Gasteiger partial charge on any atom is 0.413 e. The van der Waals surface area contributed by atoms with Gasteiger partial charge in [0.05, 0.1) is 18.4 Å². The van der Waals surface area contributed by atoms with Crippen molar-refractivity contribution in [1.82, 2.24) is 4.98 Å². The number of rotatable bonds is 6. The molecule has 1 amide bonds. The summed E-state index contributed by atoms with van der Waals surface area (Å²) in [6, 6.07) is 0. The minimum absolute atomic E-state index is 0.0666. The highest BCUT2D eigenvalue weighted by Crippen LogP contribution is 2.62. The van der Waals surface area contributed by atoms with Crippen LogP contribution in [0.25, 0.3) is 0 Å². The summed E-state index contributed by atoms with van der Waals surface area (Å²) in [7, 11) is 0. The van der Waals surface area contributed by atoms with Crippen molar-refractivity contribution >= 4 is 28.5 Å². The van der Waals surface area contributed by atoms with Gasteiger partial charge >= 0.3 is 6.09 Å². The van der Waals surface area contributed by atoms with Crippen LogP contribution < -0.4 is 10.4 Å². The van der Waals surface area contributed by atoms with Crippen LogP contribution >= 0.6 is 11.3 Å². The van der Waals surface area contributed by atoms with E-state index in [-0.39, 0.29) is 25.6 Å². The highest BCUT2D eigenvalue weighted by atomic mass is 32.1. The Hall–Kier alpha value is -1.97. The number of thiazole rings is 1. The molecule has 1 aromatic heterocycles. The van der Waals surface area contributed by atoms with Gasteiger partial charge in [-0.15, -0.1) is 11.3 Å². The zero-order valence-corrected chi connectivity index (χ0v) is 17.5. The molecule has 29 heavy (non-hydrogen) atoms. The average Bonchev–Trinajstić information content (AvgIpc) is 3.06. The van der Waals surface area contributed by atoms with E-state index >= 15 is 0 Å². The Labute approximate surface area is 173 Å². The number of carboxylic acid groups (broad SMARTS) is 1. The Morgan fingerprint density at radius 2 is 2.21 bits per heavy atom. The average molecular weight is 424 g/mol. The zero-order chi connectivity index (χ0) is 21.4. The van der Waals surface area contributed by atoms with E-state index in [2.05, 4.69) is 16.9 Å². The number of amides is 1. The number of ether oxygens (including phenoxy) is 1. The molecule has 3 rings (SSSR count). The van der Waals surface area contributed by atoms with E-state index in [1.54, 1.807) is 0 Å². The first kappa shape index (κ1) is 21.7. The summed E-state index contributed by atoms with van der Waals surface area (Å²) in [5, 5.41) is 35.2. The summed E-state index contributed by atoms with van der Waals surface area (Å²) in [5.41, 5.74) is -0.581. The number of fused-ring (bicyclic) bond motifs is 2. The SMILES string of the molecule is C=CCOC(=O)Nc1nc2c(s1)C[C@@H]1[C@](C)(CO)[C@H](O)CC[C@@]1(C)[C@@H]2CC(=O)[O-].